The van der Waals surface area contributed by atoms with E-state index in [0.717, 1.165) is 22.9 Å². The Morgan fingerprint density at radius 3 is 2.46 bits per heavy atom. The van der Waals surface area contributed by atoms with Gasteiger partial charge in [-0.15, -0.1) is 0 Å². The van der Waals surface area contributed by atoms with E-state index in [2.05, 4.69) is 52.0 Å². The maximum Gasteiger partial charge on any atom is 0.240 e. The van der Waals surface area contributed by atoms with Gasteiger partial charge in [-0.3, -0.25) is 9.69 Å². The molecule has 4 rings (SSSR count). The number of carbonyl (C=O) groups is 1. The Balaban J connectivity index is 1.62. The molecule has 2 aromatic carbocycles. The van der Waals surface area contributed by atoms with Crippen LogP contribution in [0.25, 0.3) is 0 Å². The van der Waals surface area contributed by atoms with Crippen molar-refractivity contribution in [1.29, 1.82) is 0 Å². The minimum atomic E-state index is -0.541. The third kappa shape index (κ3) is 4.02. The van der Waals surface area contributed by atoms with Crippen LogP contribution in [0.1, 0.15) is 36.9 Å². The first-order valence-corrected chi connectivity index (χ1v) is 10.8. The van der Waals surface area contributed by atoms with Crippen molar-refractivity contribution < 1.29 is 9.90 Å². The van der Waals surface area contributed by atoms with Crippen molar-refractivity contribution in [2.45, 2.75) is 44.5 Å². The van der Waals surface area contributed by atoms with Crippen molar-refractivity contribution in [2.24, 2.45) is 5.92 Å². The van der Waals surface area contributed by atoms with Gasteiger partial charge in [-0.2, -0.15) is 0 Å². The van der Waals surface area contributed by atoms with Gasteiger partial charge >= 0.3 is 0 Å². The monoisotopic (exact) mass is 442 g/mol. The zero-order valence-electron chi connectivity index (χ0n) is 16.2. The van der Waals surface area contributed by atoms with Crippen LogP contribution in [0.15, 0.2) is 59.1 Å². The van der Waals surface area contributed by atoms with Crippen LogP contribution in [0.4, 0.5) is 0 Å². The molecule has 4 nitrogen and oxygen atoms in total. The van der Waals surface area contributed by atoms with E-state index in [1.807, 2.05) is 35.2 Å². The second-order valence-electron chi connectivity index (χ2n) is 8.12. The summed E-state index contributed by atoms with van der Waals surface area (Å²) >= 11 is 3.51. The van der Waals surface area contributed by atoms with Gasteiger partial charge in [-0.05, 0) is 42.0 Å². The number of hydrogen-bond donors (Lipinski definition) is 1. The number of halogens is 1. The van der Waals surface area contributed by atoms with Gasteiger partial charge in [0.1, 0.15) is 0 Å². The van der Waals surface area contributed by atoms with Crippen LogP contribution in [-0.2, 0) is 11.3 Å². The van der Waals surface area contributed by atoms with E-state index in [0.29, 0.717) is 25.6 Å². The molecule has 148 valence electrons. The number of hydrogen-bond acceptors (Lipinski definition) is 3. The summed E-state index contributed by atoms with van der Waals surface area (Å²) in [5, 5.41) is 10.7. The standard InChI is InChI=1S/C23H27BrN2O2/c1-16-7-12-21-23(28)25(13-17-5-3-2-4-6-17)14-20(27)15-26(21)22(16)18-8-10-19(24)11-9-18/h2-6,8-11,16,20-22,27H,7,12-15H2,1H3/t16-,20-,21?,22-/m1/s1. The Labute approximate surface area is 175 Å². The molecule has 2 aromatic rings. The second-order valence-corrected chi connectivity index (χ2v) is 9.04. The summed E-state index contributed by atoms with van der Waals surface area (Å²) in [5.41, 5.74) is 2.32. The second kappa shape index (κ2) is 8.36. The van der Waals surface area contributed by atoms with Gasteiger partial charge in [0.05, 0.1) is 12.1 Å². The van der Waals surface area contributed by atoms with Gasteiger partial charge in [-0.1, -0.05) is 65.3 Å². The fourth-order valence-electron chi connectivity index (χ4n) is 4.75. The predicted octanol–water partition coefficient (Wildman–Crippen LogP) is 3.99. The number of aliphatic hydroxyl groups excluding tert-OH is 1. The smallest absolute Gasteiger partial charge is 0.240 e. The maximum atomic E-state index is 13.4. The molecule has 0 aromatic heterocycles. The number of aliphatic hydroxyl groups is 1. The van der Waals surface area contributed by atoms with E-state index in [4.69, 9.17) is 0 Å². The molecule has 5 heteroatoms. The van der Waals surface area contributed by atoms with E-state index in [-0.39, 0.29) is 18.0 Å². The Morgan fingerprint density at radius 2 is 1.75 bits per heavy atom. The Morgan fingerprint density at radius 1 is 1.04 bits per heavy atom. The average molecular weight is 443 g/mol. The molecule has 0 bridgehead atoms. The predicted molar refractivity (Wildman–Crippen MR) is 114 cm³/mol. The number of fused-ring (bicyclic) bond motifs is 1. The minimum Gasteiger partial charge on any atom is -0.390 e. The van der Waals surface area contributed by atoms with Crippen LogP contribution >= 0.6 is 15.9 Å². The largest absolute Gasteiger partial charge is 0.390 e. The summed E-state index contributed by atoms with van der Waals surface area (Å²) in [6.45, 7) is 3.74. The van der Waals surface area contributed by atoms with Crippen molar-refractivity contribution in [3.8, 4) is 0 Å². The molecule has 0 aliphatic carbocycles. The highest BCUT2D eigenvalue weighted by Crippen LogP contribution is 2.40. The van der Waals surface area contributed by atoms with E-state index in [9.17, 15) is 9.90 Å². The number of carbonyl (C=O) groups excluding carboxylic acids is 1. The molecule has 1 N–H and O–H groups in total. The molecule has 0 saturated carbocycles. The molecule has 2 heterocycles. The molecule has 0 radical (unpaired) electrons. The van der Waals surface area contributed by atoms with Gasteiger partial charge < -0.3 is 10.0 Å². The van der Waals surface area contributed by atoms with Gasteiger partial charge in [0.2, 0.25) is 5.91 Å². The fraction of sp³-hybridized carbons (Fsp3) is 0.435. The highest BCUT2D eigenvalue weighted by Gasteiger charge is 2.44. The zero-order chi connectivity index (χ0) is 19.7. The molecular weight excluding hydrogens is 416 g/mol. The zero-order valence-corrected chi connectivity index (χ0v) is 17.8. The van der Waals surface area contributed by atoms with Crippen molar-refractivity contribution in [3.63, 3.8) is 0 Å². The van der Waals surface area contributed by atoms with Gasteiger partial charge in [0.15, 0.2) is 0 Å². The average Bonchev–Trinajstić information content (AvgIpc) is 2.80. The summed E-state index contributed by atoms with van der Waals surface area (Å²) in [7, 11) is 0. The SMILES string of the molecule is C[C@@H]1CCC2C(=O)N(Cc3ccccc3)C[C@@H](O)CN2[C@H]1c1ccc(Br)cc1. The number of nitrogens with zero attached hydrogens (tertiary/aromatic N) is 2. The third-order valence-electron chi connectivity index (χ3n) is 6.07. The van der Waals surface area contributed by atoms with Crippen LogP contribution in [0.5, 0.6) is 0 Å². The first-order chi connectivity index (χ1) is 13.5. The number of rotatable bonds is 3. The molecule has 2 aliphatic heterocycles. The highest BCUT2D eigenvalue weighted by molar-refractivity contribution is 9.10. The Hall–Kier alpha value is -1.69. The number of benzene rings is 2. The van der Waals surface area contributed by atoms with Crippen LogP contribution in [0.2, 0.25) is 0 Å². The number of amides is 1. The van der Waals surface area contributed by atoms with Crippen molar-refractivity contribution >= 4 is 21.8 Å². The Bertz CT molecular complexity index is 811. The summed E-state index contributed by atoms with van der Waals surface area (Å²) in [6.07, 6.45) is 1.33. The summed E-state index contributed by atoms with van der Waals surface area (Å²) in [6, 6.07) is 18.4. The molecule has 28 heavy (non-hydrogen) atoms. The molecule has 1 unspecified atom stereocenters. The molecule has 1 amide bonds. The summed E-state index contributed by atoms with van der Waals surface area (Å²) in [4.78, 5) is 17.5. The lowest BCUT2D eigenvalue weighted by molar-refractivity contribution is -0.139. The molecule has 2 saturated heterocycles. The Kier molecular flexibility index (Phi) is 5.85. The lowest BCUT2D eigenvalue weighted by Crippen LogP contribution is -2.51. The third-order valence-corrected chi connectivity index (χ3v) is 6.60. The van der Waals surface area contributed by atoms with Crippen molar-refractivity contribution in [1.82, 2.24) is 9.80 Å². The van der Waals surface area contributed by atoms with E-state index >= 15 is 0 Å². The fourth-order valence-corrected chi connectivity index (χ4v) is 5.02. The van der Waals surface area contributed by atoms with Crippen LogP contribution in [-0.4, -0.2) is 46.0 Å². The topological polar surface area (TPSA) is 43.8 Å². The number of piperidine rings is 1. The number of β-amino-alcohol motifs (C(OH)–C–C–N with tert-alkyl or cyclic N) is 1. The highest BCUT2D eigenvalue weighted by atomic mass is 79.9. The van der Waals surface area contributed by atoms with E-state index < -0.39 is 6.10 Å². The van der Waals surface area contributed by atoms with Gasteiger partial charge in [-0.25, -0.2) is 0 Å². The quantitative estimate of drug-likeness (QED) is 0.780. The maximum absolute atomic E-state index is 13.4. The minimum absolute atomic E-state index is 0.148. The van der Waals surface area contributed by atoms with E-state index in [1.54, 1.807) is 0 Å². The van der Waals surface area contributed by atoms with Gasteiger partial charge in [0.25, 0.3) is 0 Å². The van der Waals surface area contributed by atoms with Gasteiger partial charge in [0, 0.05) is 30.1 Å². The van der Waals surface area contributed by atoms with Crippen LogP contribution in [0, 0.1) is 5.92 Å². The molecule has 0 spiro atoms. The van der Waals surface area contributed by atoms with Crippen LogP contribution in [0.3, 0.4) is 0 Å². The summed E-state index contributed by atoms with van der Waals surface area (Å²) in [5.74, 6) is 0.590. The lowest BCUT2D eigenvalue weighted by Gasteiger charge is -2.44. The summed E-state index contributed by atoms with van der Waals surface area (Å²) < 4.78 is 1.05. The molecule has 4 atom stereocenters. The van der Waals surface area contributed by atoms with E-state index in [1.165, 1.54) is 5.56 Å². The van der Waals surface area contributed by atoms with Crippen molar-refractivity contribution in [2.75, 3.05) is 13.1 Å². The van der Waals surface area contributed by atoms with Crippen molar-refractivity contribution in [3.05, 3.63) is 70.2 Å². The first kappa shape index (κ1) is 19.6. The van der Waals surface area contributed by atoms with Crippen LogP contribution < -0.4 is 0 Å². The molecule has 2 aliphatic rings. The molecule has 2 fully saturated rings. The molecular formula is C23H27BrN2O2. The first-order valence-electron chi connectivity index (χ1n) is 10.0. The lowest BCUT2D eigenvalue weighted by atomic mass is 9.82. The normalized spacial score (nSPS) is 28.7.